The third-order valence-electron chi connectivity index (χ3n) is 4.83. The lowest BCUT2D eigenvalue weighted by Gasteiger charge is -2.21. The van der Waals surface area contributed by atoms with E-state index < -0.39 is 5.92 Å². The Morgan fingerprint density at radius 1 is 1.03 bits per heavy atom. The number of nitrogens with one attached hydrogen (secondary N) is 1. The second-order valence-electron chi connectivity index (χ2n) is 6.94. The molecule has 3 aromatic rings. The van der Waals surface area contributed by atoms with Crippen LogP contribution in [-0.4, -0.2) is 37.4 Å². The Hall–Kier alpha value is -3.41. The highest BCUT2D eigenvalue weighted by Crippen LogP contribution is 2.26. The van der Waals surface area contributed by atoms with E-state index in [1.165, 1.54) is 29.2 Å². The van der Waals surface area contributed by atoms with Crippen molar-refractivity contribution in [3.8, 4) is 5.75 Å². The highest BCUT2D eigenvalue weighted by Gasteiger charge is 2.21. The van der Waals surface area contributed by atoms with E-state index >= 15 is 0 Å². The first-order valence-electron chi connectivity index (χ1n) is 9.25. The molecule has 2 amide bonds. The van der Waals surface area contributed by atoms with Crippen LogP contribution in [0.25, 0.3) is 10.8 Å². The number of hydrogen-bond acceptors (Lipinski definition) is 3. The maximum absolute atomic E-state index is 13.0. The highest BCUT2D eigenvalue weighted by atomic mass is 19.1. The van der Waals surface area contributed by atoms with Crippen LogP contribution >= 0.6 is 0 Å². The standard InChI is InChI=1S/C23H23FN2O3/c1-15(16-4-5-18-13-21(29-3)11-6-17(18)12-16)23(28)26(2)14-22(27)25-20-9-7-19(24)8-10-20/h4-13,15H,14H2,1-3H3,(H,25,27)/t15-/m0/s1. The zero-order chi connectivity index (χ0) is 21.0. The van der Waals surface area contributed by atoms with Crippen molar-refractivity contribution in [1.82, 2.24) is 4.90 Å². The van der Waals surface area contributed by atoms with Crippen molar-refractivity contribution in [1.29, 1.82) is 0 Å². The predicted octanol–water partition coefficient (Wildman–Crippen LogP) is 4.19. The van der Waals surface area contributed by atoms with Gasteiger partial charge in [-0.3, -0.25) is 9.59 Å². The smallest absolute Gasteiger partial charge is 0.243 e. The molecule has 0 aliphatic rings. The zero-order valence-corrected chi connectivity index (χ0v) is 16.6. The molecule has 29 heavy (non-hydrogen) atoms. The molecule has 0 aliphatic carbocycles. The molecule has 1 atom stereocenters. The van der Waals surface area contributed by atoms with Crippen LogP contribution in [0.4, 0.5) is 10.1 Å². The summed E-state index contributed by atoms with van der Waals surface area (Å²) >= 11 is 0. The van der Waals surface area contributed by atoms with Crippen molar-refractivity contribution < 1.29 is 18.7 Å². The number of amides is 2. The van der Waals surface area contributed by atoms with Gasteiger partial charge in [0, 0.05) is 12.7 Å². The van der Waals surface area contributed by atoms with Gasteiger partial charge < -0.3 is 15.0 Å². The van der Waals surface area contributed by atoms with Crippen LogP contribution in [-0.2, 0) is 9.59 Å². The van der Waals surface area contributed by atoms with E-state index in [9.17, 15) is 14.0 Å². The molecule has 0 aromatic heterocycles. The topological polar surface area (TPSA) is 58.6 Å². The first-order valence-corrected chi connectivity index (χ1v) is 9.25. The molecular weight excluding hydrogens is 371 g/mol. The quantitative estimate of drug-likeness (QED) is 0.682. The molecule has 6 heteroatoms. The number of fused-ring (bicyclic) bond motifs is 1. The number of nitrogens with zero attached hydrogens (tertiary/aromatic N) is 1. The summed E-state index contributed by atoms with van der Waals surface area (Å²) in [4.78, 5) is 26.4. The van der Waals surface area contributed by atoms with Gasteiger partial charge in [-0.15, -0.1) is 0 Å². The summed E-state index contributed by atoms with van der Waals surface area (Å²) in [5.74, 6) is -0.498. The maximum atomic E-state index is 13.0. The van der Waals surface area contributed by atoms with Crippen LogP contribution in [0.3, 0.4) is 0 Å². The predicted molar refractivity (Wildman–Crippen MR) is 112 cm³/mol. The van der Waals surface area contributed by atoms with Crippen LogP contribution in [0.15, 0.2) is 60.7 Å². The highest BCUT2D eigenvalue weighted by molar-refractivity contribution is 5.95. The van der Waals surface area contributed by atoms with Crippen LogP contribution in [0.2, 0.25) is 0 Å². The molecule has 0 radical (unpaired) electrons. The van der Waals surface area contributed by atoms with Crippen molar-refractivity contribution in [3.63, 3.8) is 0 Å². The fraction of sp³-hybridized carbons (Fsp3) is 0.217. The van der Waals surface area contributed by atoms with Gasteiger partial charge in [-0.2, -0.15) is 0 Å². The monoisotopic (exact) mass is 394 g/mol. The van der Waals surface area contributed by atoms with E-state index in [1.54, 1.807) is 14.2 Å². The average Bonchev–Trinajstić information content (AvgIpc) is 2.73. The minimum Gasteiger partial charge on any atom is -0.497 e. The summed E-state index contributed by atoms with van der Waals surface area (Å²) in [5.41, 5.74) is 1.36. The lowest BCUT2D eigenvalue weighted by molar-refractivity contribution is -0.134. The second kappa shape index (κ2) is 8.73. The molecule has 3 aromatic carbocycles. The van der Waals surface area contributed by atoms with E-state index in [0.29, 0.717) is 5.69 Å². The lowest BCUT2D eigenvalue weighted by atomic mass is 9.96. The van der Waals surface area contributed by atoms with E-state index in [1.807, 2.05) is 43.3 Å². The van der Waals surface area contributed by atoms with Gasteiger partial charge in [0.1, 0.15) is 11.6 Å². The van der Waals surface area contributed by atoms with Gasteiger partial charge in [-0.25, -0.2) is 4.39 Å². The molecular formula is C23H23FN2O3. The van der Waals surface area contributed by atoms with Gasteiger partial charge in [0.05, 0.1) is 19.6 Å². The van der Waals surface area contributed by atoms with Crippen LogP contribution in [0, 0.1) is 5.82 Å². The number of methoxy groups -OCH3 is 1. The molecule has 0 saturated heterocycles. The SMILES string of the molecule is COc1ccc2cc([C@H](C)C(=O)N(C)CC(=O)Nc3ccc(F)cc3)ccc2c1. The number of hydrogen-bond donors (Lipinski definition) is 1. The number of ether oxygens (including phenoxy) is 1. The number of carbonyl (C=O) groups is 2. The Labute approximate surface area is 169 Å². The van der Waals surface area contributed by atoms with Crippen molar-refractivity contribution >= 4 is 28.3 Å². The molecule has 150 valence electrons. The summed E-state index contributed by atoms with van der Waals surface area (Å²) in [6, 6.07) is 17.1. The van der Waals surface area contributed by atoms with Crippen molar-refractivity contribution in [2.75, 3.05) is 26.0 Å². The van der Waals surface area contributed by atoms with Gasteiger partial charge in [0.25, 0.3) is 0 Å². The zero-order valence-electron chi connectivity index (χ0n) is 16.6. The Kier molecular flexibility index (Phi) is 6.12. The maximum Gasteiger partial charge on any atom is 0.243 e. The molecule has 0 spiro atoms. The van der Waals surface area contributed by atoms with Crippen LogP contribution in [0.1, 0.15) is 18.4 Å². The Bertz CT molecular complexity index is 1030. The summed E-state index contributed by atoms with van der Waals surface area (Å²) in [6.45, 7) is 1.73. The first kappa shape index (κ1) is 20.3. The molecule has 0 unspecified atom stereocenters. The number of halogens is 1. The van der Waals surface area contributed by atoms with Gasteiger partial charge in [0.15, 0.2) is 0 Å². The van der Waals surface area contributed by atoms with Gasteiger partial charge in [0.2, 0.25) is 11.8 Å². The molecule has 5 nitrogen and oxygen atoms in total. The molecule has 0 fully saturated rings. The molecule has 1 N–H and O–H groups in total. The summed E-state index contributed by atoms with van der Waals surface area (Å²) < 4.78 is 18.2. The second-order valence-corrected chi connectivity index (χ2v) is 6.94. The van der Waals surface area contributed by atoms with Crippen LogP contribution in [0.5, 0.6) is 5.75 Å². The molecule has 0 heterocycles. The first-order chi connectivity index (χ1) is 13.9. The van der Waals surface area contributed by atoms with Gasteiger partial charge >= 0.3 is 0 Å². The molecule has 0 bridgehead atoms. The minimum atomic E-state index is -0.398. The van der Waals surface area contributed by atoms with E-state index in [2.05, 4.69) is 5.32 Å². The Morgan fingerprint density at radius 2 is 1.69 bits per heavy atom. The lowest BCUT2D eigenvalue weighted by Crippen LogP contribution is -2.37. The van der Waals surface area contributed by atoms with Crippen LogP contribution < -0.4 is 10.1 Å². The minimum absolute atomic E-state index is 0.0919. The molecule has 3 rings (SSSR count). The number of benzene rings is 3. The van der Waals surface area contributed by atoms with E-state index in [-0.39, 0.29) is 24.2 Å². The summed E-state index contributed by atoms with van der Waals surface area (Å²) in [7, 11) is 3.22. The van der Waals surface area contributed by atoms with E-state index in [4.69, 9.17) is 4.74 Å². The fourth-order valence-corrected chi connectivity index (χ4v) is 3.14. The normalized spacial score (nSPS) is 11.7. The van der Waals surface area contributed by atoms with Crippen molar-refractivity contribution in [2.24, 2.45) is 0 Å². The summed E-state index contributed by atoms with van der Waals surface area (Å²) in [5, 5.41) is 4.70. The average molecular weight is 394 g/mol. The number of carbonyl (C=O) groups excluding carboxylic acids is 2. The third kappa shape index (κ3) is 4.90. The number of likely N-dealkylation sites (N-methyl/N-ethyl adjacent to an activating group) is 1. The summed E-state index contributed by atoms with van der Waals surface area (Å²) in [6.07, 6.45) is 0. The van der Waals surface area contributed by atoms with E-state index in [0.717, 1.165) is 22.1 Å². The van der Waals surface area contributed by atoms with Gasteiger partial charge in [-0.05, 0) is 59.7 Å². The van der Waals surface area contributed by atoms with Crippen molar-refractivity contribution in [2.45, 2.75) is 12.8 Å². The number of rotatable bonds is 6. The van der Waals surface area contributed by atoms with Gasteiger partial charge in [-0.1, -0.05) is 24.3 Å². The number of anilines is 1. The fourth-order valence-electron chi connectivity index (χ4n) is 3.14. The largest absolute Gasteiger partial charge is 0.497 e. The van der Waals surface area contributed by atoms with Crippen molar-refractivity contribution in [3.05, 3.63) is 72.0 Å². The molecule has 0 aliphatic heterocycles. The Balaban J connectivity index is 1.66. The Morgan fingerprint density at radius 3 is 2.38 bits per heavy atom. The molecule has 0 saturated carbocycles. The third-order valence-corrected chi connectivity index (χ3v) is 4.83.